The van der Waals surface area contributed by atoms with Gasteiger partial charge in [0.15, 0.2) is 6.10 Å². The lowest BCUT2D eigenvalue weighted by Gasteiger charge is -2.19. The van der Waals surface area contributed by atoms with Gasteiger partial charge in [0.05, 0.1) is 13.2 Å². The van der Waals surface area contributed by atoms with Crippen LogP contribution in [-0.4, -0.2) is 49.3 Å². The third-order valence-electron chi connectivity index (χ3n) is 14.8. The molecule has 514 valence electrons. The third kappa shape index (κ3) is 74.0. The van der Waals surface area contributed by atoms with Crippen LogP contribution in [0.2, 0.25) is 0 Å². The van der Waals surface area contributed by atoms with E-state index in [-0.39, 0.29) is 38.6 Å². The third-order valence-corrected chi connectivity index (χ3v) is 15.8. The predicted molar refractivity (Wildman–Crippen MR) is 394 cm³/mol. The Labute approximate surface area is 558 Å². The highest BCUT2D eigenvalue weighted by molar-refractivity contribution is 7.47. The summed E-state index contributed by atoms with van der Waals surface area (Å²) in [7, 11) is -4.41. The summed E-state index contributed by atoms with van der Waals surface area (Å²) in [4.78, 5) is 35.4. The van der Waals surface area contributed by atoms with E-state index >= 15 is 0 Å². The topological polar surface area (TPSA) is 134 Å². The van der Waals surface area contributed by atoms with E-state index in [0.717, 1.165) is 148 Å². The van der Waals surface area contributed by atoms with Crippen molar-refractivity contribution in [1.29, 1.82) is 0 Å². The summed E-state index contributed by atoms with van der Waals surface area (Å²) in [6, 6.07) is 0. The summed E-state index contributed by atoms with van der Waals surface area (Å²) >= 11 is 0. The Bertz CT molecular complexity index is 2150. The molecule has 0 heterocycles. The van der Waals surface area contributed by atoms with Crippen LogP contribution in [0.15, 0.2) is 182 Å². The van der Waals surface area contributed by atoms with Crippen LogP contribution in [0.3, 0.4) is 0 Å². The Balaban J connectivity index is 3.96. The number of ether oxygens (including phenoxy) is 2. The van der Waals surface area contributed by atoms with Crippen molar-refractivity contribution in [3.8, 4) is 0 Å². The number of hydrogen-bond acceptors (Lipinski definition) is 8. The van der Waals surface area contributed by atoms with Gasteiger partial charge in [-0.15, -0.1) is 0 Å². The molecule has 0 spiro atoms. The number of nitrogens with two attached hydrogens (primary N) is 1. The summed E-state index contributed by atoms with van der Waals surface area (Å²) in [6.45, 7) is 3.50. The standard InChI is InChI=1S/C81H132NO8P/c1-3-5-7-9-11-13-15-17-19-21-23-25-27-29-31-33-35-37-39-41-43-45-47-49-51-53-55-57-59-61-63-65-67-69-71-73-80(83)87-77-79(78-89-91(85,86)88-76-75-82)90-81(84)74-72-70-68-66-64-62-60-58-56-54-52-50-48-46-44-42-40-38-36-34-32-30-28-26-24-22-20-18-16-14-12-10-8-6-4-2/h5-8,11-14,17-20,23-26,29-32,35-38,42,44,48,50,54,56,79H,3-4,9-10,15-16,21-22,27-28,33-34,39-41,43,45-47,49,51-53,55,57-78,82H2,1-2H3,(H,85,86)/b7-5-,8-6-,13-11-,14-12-,19-17-,20-18-,25-23-,26-24-,31-29-,32-30-,37-35-,38-36-,44-42-,50-48-,56-54-. The molecule has 0 aliphatic carbocycles. The number of allylic oxidation sites excluding steroid dienone is 30. The molecule has 0 amide bonds. The zero-order chi connectivity index (χ0) is 65.8. The van der Waals surface area contributed by atoms with Gasteiger partial charge in [0.1, 0.15) is 6.61 Å². The molecule has 2 unspecified atom stereocenters. The highest BCUT2D eigenvalue weighted by atomic mass is 31.2. The summed E-state index contributed by atoms with van der Waals surface area (Å²) in [5, 5.41) is 0. The summed E-state index contributed by atoms with van der Waals surface area (Å²) in [5.74, 6) is -0.846. The van der Waals surface area contributed by atoms with Gasteiger partial charge in [-0.1, -0.05) is 318 Å². The number of phosphoric acid groups is 1. The van der Waals surface area contributed by atoms with E-state index in [1.807, 2.05) is 0 Å². The smallest absolute Gasteiger partial charge is 0.462 e. The normalized spacial score (nSPS) is 14.0. The molecule has 0 fully saturated rings. The van der Waals surface area contributed by atoms with Crippen molar-refractivity contribution in [2.45, 2.75) is 290 Å². The zero-order valence-corrected chi connectivity index (χ0v) is 58.6. The number of rotatable bonds is 66. The van der Waals surface area contributed by atoms with Gasteiger partial charge in [-0.25, -0.2) is 4.57 Å². The lowest BCUT2D eigenvalue weighted by Crippen LogP contribution is -2.29. The van der Waals surface area contributed by atoms with Crippen LogP contribution < -0.4 is 5.73 Å². The van der Waals surface area contributed by atoms with Crippen LogP contribution in [0, 0.1) is 0 Å². The predicted octanol–water partition coefficient (Wildman–Crippen LogP) is 24.3. The van der Waals surface area contributed by atoms with Crippen LogP contribution >= 0.6 is 7.82 Å². The van der Waals surface area contributed by atoms with Crippen LogP contribution in [0.25, 0.3) is 0 Å². The minimum absolute atomic E-state index is 0.0433. The van der Waals surface area contributed by atoms with Crippen molar-refractivity contribution in [3.63, 3.8) is 0 Å². The Kier molecular flexibility index (Phi) is 70.2. The molecular formula is C81H132NO8P. The maximum absolute atomic E-state index is 12.8. The largest absolute Gasteiger partial charge is 0.472 e. The minimum atomic E-state index is -4.41. The molecule has 0 aromatic rings. The zero-order valence-electron chi connectivity index (χ0n) is 57.8. The second-order valence-electron chi connectivity index (χ2n) is 23.3. The fourth-order valence-corrected chi connectivity index (χ4v) is 10.3. The fraction of sp³-hybridized carbons (Fsp3) is 0.605. The molecule has 2 atom stereocenters. The lowest BCUT2D eigenvalue weighted by atomic mass is 10.0. The van der Waals surface area contributed by atoms with Gasteiger partial charge in [-0.3, -0.25) is 18.6 Å². The molecule has 0 saturated heterocycles. The molecule has 0 aliphatic rings. The average Bonchev–Trinajstić information content (AvgIpc) is 3.68. The van der Waals surface area contributed by atoms with E-state index in [4.69, 9.17) is 24.3 Å². The summed E-state index contributed by atoms with van der Waals surface area (Å²) in [6.07, 6.45) is 111. The van der Waals surface area contributed by atoms with Gasteiger partial charge in [-0.2, -0.15) is 0 Å². The van der Waals surface area contributed by atoms with Crippen LogP contribution in [0.4, 0.5) is 0 Å². The fourth-order valence-electron chi connectivity index (χ4n) is 9.52. The van der Waals surface area contributed by atoms with Gasteiger partial charge in [-0.05, 0) is 135 Å². The molecule has 0 saturated carbocycles. The molecule has 0 rings (SSSR count). The number of carbonyl (C=O) groups excluding carboxylic acids is 2. The number of carbonyl (C=O) groups is 2. The first kappa shape index (κ1) is 86.1. The van der Waals surface area contributed by atoms with Crippen molar-refractivity contribution in [2.24, 2.45) is 5.73 Å². The van der Waals surface area contributed by atoms with Crippen LogP contribution in [0.5, 0.6) is 0 Å². The second kappa shape index (κ2) is 74.2. The Morgan fingerprint density at radius 1 is 0.330 bits per heavy atom. The molecule has 0 radical (unpaired) electrons. The van der Waals surface area contributed by atoms with E-state index in [1.165, 1.54) is 103 Å². The summed E-state index contributed by atoms with van der Waals surface area (Å²) < 4.78 is 33.2. The average molecular weight is 1280 g/mol. The van der Waals surface area contributed by atoms with Gasteiger partial charge in [0.2, 0.25) is 0 Å². The number of unbranched alkanes of at least 4 members (excludes halogenated alkanes) is 23. The number of phosphoric ester groups is 1. The molecule has 0 bridgehead atoms. The maximum Gasteiger partial charge on any atom is 0.472 e. The van der Waals surface area contributed by atoms with Crippen molar-refractivity contribution in [3.05, 3.63) is 182 Å². The molecule has 3 N–H and O–H groups in total. The highest BCUT2D eigenvalue weighted by Gasteiger charge is 2.26. The lowest BCUT2D eigenvalue weighted by molar-refractivity contribution is -0.161. The molecule has 10 heteroatoms. The minimum Gasteiger partial charge on any atom is -0.462 e. The quantitative estimate of drug-likeness (QED) is 0.0264. The Hall–Kier alpha value is -4.89. The molecule has 0 aromatic heterocycles. The van der Waals surface area contributed by atoms with E-state index in [0.29, 0.717) is 6.42 Å². The second-order valence-corrected chi connectivity index (χ2v) is 24.8. The van der Waals surface area contributed by atoms with E-state index < -0.39 is 26.5 Å². The molecule has 0 aromatic carbocycles. The molecule has 91 heavy (non-hydrogen) atoms. The van der Waals surface area contributed by atoms with E-state index in [9.17, 15) is 19.0 Å². The Morgan fingerprint density at radius 2 is 0.571 bits per heavy atom. The van der Waals surface area contributed by atoms with E-state index in [2.05, 4.69) is 196 Å². The summed E-state index contributed by atoms with van der Waals surface area (Å²) in [5.41, 5.74) is 5.40. The van der Waals surface area contributed by atoms with Gasteiger partial charge < -0.3 is 20.1 Å². The number of esters is 2. The van der Waals surface area contributed by atoms with Gasteiger partial charge >= 0.3 is 19.8 Å². The van der Waals surface area contributed by atoms with Crippen molar-refractivity contribution in [2.75, 3.05) is 26.4 Å². The molecule has 9 nitrogen and oxygen atoms in total. The monoisotopic (exact) mass is 1280 g/mol. The SMILES string of the molecule is CC/C=C\C/C=C\C/C=C\C/C=C\C/C=C\C/C=C\C/C=C\C/C=C\C/C=C\CCCCCCCCCC(=O)OC(COC(=O)CCCCCCCCCCCCCCCCCC/C=C\C/C=C\C/C=C\C/C=C\C/C=C\C/C=C\CC)COP(=O)(O)OCCN. The highest BCUT2D eigenvalue weighted by Crippen LogP contribution is 2.43. The first-order chi connectivity index (χ1) is 44.8. The Morgan fingerprint density at radius 3 is 0.846 bits per heavy atom. The first-order valence-electron chi connectivity index (χ1n) is 36.3. The van der Waals surface area contributed by atoms with Crippen LogP contribution in [-0.2, 0) is 32.7 Å². The molecule has 0 aliphatic heterocycles. The maximum atomic E-state index is 12.8. The van der Waals surface area contributed by atoms with Crippen molar-refractivity contribution in [1.82, 2.24) is 0 Å². The van der Waals surface area contributed by atoms with Gasteiger partial charge in [0, 0.05) is 19.4 Å². The van der Waals surface area contributed by atoms with Crippen molar-refractivity contribution >= 4 is 19.8 Å². The van der Waals surface area contributed by atoms with Crippen molar-refractivity contribution < 1.29 is 37.6 Å². The van der Waals surface area contributed by atoms with E-state index in [1.54, 1.807) is 0 Å². The van der Waals surface area contributed by atoms with Crippen LogP contribution in [0.1, 0.15) is 284 Å². The molecular weight excluding hydrogens is 1150 g/mol. The van der Waals surface area contributed by atoms with Gasteiger partial charge in [0.25, 0.3) is 0 Å². The first-order valence-corrected chi connectivity index (χ1v) is 37.8. The number of hydrogen-bond donors (Lipinski definition) is 2.